The molecule has 0 saturated carbocycles. The highest BCUT2D eigenvalue weighted by molar-refractivity contribution is 5.82. The summed E-state index contributed by atoms with van der Waals surface area (Å²) in [5.74, 6) is -2.38. The largest absolute Gasteiger partial charge is 0.481 e. The van der Waals surface area contributed by atoms with Crippen LogP contribution in [0.5, 0.6) is 0 Å². The maximum Gasteiger partial charge on any atom is 0.330 e. The lowest BCUT2D eigenvalue weighted by Gasteiger charge is -2.17. The maximum absolute atomic E-state index is 11.1. The summed E-state index contributed by atoms with van der Waals surface area (Å²) in [5.41, 5.74) is 2.29. The van der Waals surface area contributed by atoms with Crippen LogP contribution in [-0.2, 0) is 9.59 Å². The van der Waals surface area contributed by atoms with Gasteiger partial charge in [-0.2, -0.15) is 0 Å². The molecule has 0 aromatic heterocycles. The van der Waals surface area contributed by atoms with Gasteiger partial charge in [-0.1, -0.05) is 0 Å². The fraction of sp³-hybridized carbons (Fsp3) is 0.625. The van der Waals surface area contributed by atoms with E-state index in [1.54, 1.807) is 14.1 Å². The van der Waals surface area contributed by atoms with Crippen LogP contribution in [0.15, 0.2) is 0 Å². The summed E-state index contributed by atoms with van der Waals surface area (Å²) in [6.07, 6.45) is -0.481. The van der Waals surface area contributed by atoms with Gasteiger partial charge in [-0.05, 0) is 6.42 Å². The predicted octanol–water partition coefficient (Wildman–Crippen LogP) is -0.920. The van der Waals surface area contributed by atoms with Crippen molar-refractivity contribution in [1.82, 2.24) is 15.8 Å². The molecule has 92 valence electrons. The van der Waals surface area contributed by atoms with E-state index in [0.29, 0.717) is 0 Å². The summed E-state index contributed by atoms with van der Waals surface area (Å²) in [5, 5.41) is 20.6. The number of hydrazine groups is 1. The molecule has 0 aromatic carbocycles. The van der Waals surface area contributed by atoms with Crippen LogP contribution in [0.3, 0.4) is 0 Å². The number of urea groups is 1. The molecule has 0 aliphatic rings. The first kappa shape index (κ1) is 14.2. The van der Waals surface area contributed by atoms with Crippen LogP contribution in [0.2, 0.25) is 0 Å². The summed E-state index contributed by atoms with van der Waals surface area (Å²) in [4.78, 5) is 32.1. The molecular formula is C8H15N3O5. The molecule has 4 N–H and O–H groups in total. The van der Waals surface area contributed by atoms with Crippen LogP contribution in [0.1, 0.15) is 12.8 Å². The van der Waals surface area contributed by atoms with E-state index in [9.17, 15) is 14.4 Å². The lowest BCUT2D eigenvalue weighted by Crippen LogP contribution is -2.49. The zero-order valence-corrected chi connectivity index (χ0v) is 9.06. The molecule has 0 aromatic rings. The first-order valence-electron chi connectivity index (χ1n) is 4.52. The van der Waals surface area contributed by atoms with Gasteiger partial charge in [-0.3, -0.25) is 10.2 Å². The molecule has 0 aliphatic carbocycles. The SMILES string of the molecule is CN(C)NC(=O)NC(CCC(=O)O)C(=O)O. The van der Waals surface area contributed by atoms with Crippen LogP contribution in [0, 0.1) is 0 Å². The average molecular weight is 233 g/mol. The lowest BCUT2D eigenvalue weighted by molar-refractivity contribution is -0.140. The molecule has 8 nitrogen and oxygen atoms in total. The van der Waals surface area contributed by atoms with Crippen molar-refractivity contribution in [3.05, 3.63) is 0 Å². The van der Waals surface area contributed by atoms with E-state index in [0.717, 1.165) is 0 Å². The Balaban J connectivity index is 4.17. The molecule has 1 unspecified atom stereocenters. The zero-order valence-electron chi connectivity index (χ0n) is 9.06. The quantitative estimate of drug-likeness (QED) is 0.440. The van der Waals surface area contributed by atoms with Crippen molar-refractivity contribution in [2.45, 2.75) is 18.9 Å². The summed E-state index contributed by atoms with van der Waals surface area (Å²) >= 11 is 0. The Labute approximate surface area is 92.2 Å². The zero-order chi connectivity index (χ0) is 12.7. The van der Waals surface area contributed by atoms with Gasteiger partial charge in [0.05, 0.1) is 0 Å². The summed E-state index contributed by atoms with van der Waals surface area (Å²) in [7, 11) is 3.12. The first-order chi connectivity index (χ1) is 7.32. The number of hydrogen-bond donors (Lipinski definition) is 4. The highest BCUT2D eigenvalue weighted by atomic mass is 16.4. The van der Waals surface area contributed by atoms with Gasteiger partial charge < -0.3 is 15.5 Å². The second-order valence-corrected chi connectivity index (χ2v) is 3.30. The number of nitrogens with zero attached hydrogens (tertiary/aromatic N) is 1. The van der Waals surface area contributed by atoms with Gasteiger partial charge in [0.15, 0.2) is 0 Å². The number of carboxylic acids is 2. The van der Waals surface area contributed by atoms with Crippen LogP contribution in [0.4, 0.5) is 4.79 Å². The minimum atomic E-state index is -1.27. The number of carbonyl (C=O) groups excluding carboxylic acids is 1. The van der Waals surface area contributed by atoms with Gasteiger partial charge >= 0.3 is 18.0 Å². The molecule has 16 heavy (non-hydrogen) atoms. The van der Waals surface area contributed by atoms with Crippen LogP contribution >= 0.6 is 0 Å². The van der Waals surface area contributed by atoms with E-state index < -0.39 is 24.0 Å². The minimum Gasteiger partial charge on any atom is -0.481 e. The van der Waals surface area contributed by atoms with Crippen molar-refractivity contribution in [2.75, 3.05) is 14.1 Å². The Hall–Kier alpha value is -1.83. The Bertz CT molecular complexity index is 279. The van der Waals surface area contributed by atoms with Crippen LogP contribution in [-0.4, -0.2) is 53.3 Å². The number of amides is 2. The molecular weight excluding hydrogens is 218 g/mol. The topological polar surface area (TPSA) is 119 Å². The highest BCUT2D eigenvalue weighted by Crippen LogP contribution is 1.97. The van der Waals surface area contributed by atoms with Crippen LogP contribution in [0.25, 0.3) is 0 Å². The molecule has 2 amide bonds. The van der Waals surface area contributed by atoms with Gasteiger partial charge in [0, 0.05) is 20.5 Å². The molecule has 0 saturated heterocycles. The Morgan fingerprint density at radius 3 is 2.19 bits per heavy atom. The average Bonchev–Trinajstić information content (AvgIpc) is 2.09. The number of rotatable bonds is 6. The number of carbonyl (C=O) groups is 3. The third-order valence-corrected chi connectivity index (χ3v) is 1.58. The second-order valence-electron chi connectivity index (χ2n) is 3.30. The normalized spacial score (nSPS) is 11.9. The van der Waals surface area contributed by atoms with E-state index in [4.69, 9.17) is 10.2 Å². The van der Waals surface area contributed by atoms with Crippen molar-refractivity contribution >= 4 is 18.0 Å². The highest BCUT2D eigenvalue weighted by Gasteiger charge is 2.20. The third kappa shape index (κ3) is 6.60. The molecule has 0 heterocycles. The molecule has 8 heteroatoms. The second kappa shape index (κ2) is 6.62. The maximum atomic E-state index is 11.1. The monoisotopic (exact) mass is 233 g/mol. The summed E-state index contributed by atoms with van der Waals surface area (Å²) in [6, 6.07) is -1.90. The first-order valence-corrected chi connectivity index (χ1v) is 4.52. The van der Waals surface area contributed by atoms with Crippen molar-refractivity contribution in [2.24, 2.45) is 0 Å². The summed E-state index contributed by atoms with van der Waals surface area (Å²) < 4.78 is 0. The Morgan fingerprint density at radius 2 is 1.81 bits per heavy atom. The van der Waals surface area contributed by atoms with Crippen molar-refractivity contribution in [3.8, 4) is 0 Å². The standard InChI is InChI=1S/C8H15N3O5/c1-11(2)10-8(16)9-5(7(14)15)3-4-6(12)13/h5H,3-4H2,1-2H3,(H,12,13)(H,14,15)(H2,9,10,16). The Morgan fingerprint density at radius 1 is 1.25 bits per heavy atom. The van der Waals surface area contributed by atoms with Crippen molar-refractivity contribution < 1.29 is 24.6 Å². The van der Waals surface area contributed by atoms with Crippen molar-refractivity contribution in [3.63, 3.8) is 0 Å². The third-order valence-electron chi connectivity index (χ3n) is 1.58. The predicted molar refractivity (Wildman–Crippen MR) is 53.6 cm³/mol. The lowest BCUT2D eigenvalue weighted by atomic mass is 10.1. The fourth-order valence-electron chi connectivity index (χ4n) is 0.919. The van der Waals surface area contributed by atoms with Gasteiger partial charge in [0.2, 0.25) is 0 Å². The van der Waals surface area contributed by atoms with E-state index in [1.807, 2.05) is 0 Å². The molecule has 0 bridgehead atoms. The fourth-order valence-corrected chi connectivity index (χ4v) is 0.919. The molecule has 0 aliphatic heterocycles. The Kier molecular flexibility index (Phi) is 5.86. The minimum absolute atomic E-state index is 0.161. The number of hydrogen-bond acceptors (Lipinski definition) is 4. The number of carboxylic acid groups (broad SMARTS) is 2. The van der Waals surface area contributed by atoms with E-state index >= 15 is 0 Å². The van der Waals surface area contributed by atoms with Gasteiger partial charge in [0.25, 0.3) is 0 Å². The number of nitrogens with one attached hydrogen (secondary N) is 2. The van der Waals surface area contributed by atoms with E-state index in [-0.39, 0.29) is 12.8 Å². The molecule has 1 atom stereocenters. The molecule has 0 radical (unpaired) electrons. The van der Waals surface area contributed by atoms with Gasteiger partial charge in [-0.25, -0.2) is 14.6 Å². The van der Waals surface area contributed by atoms with Crippen molar-refractivity contribution in [1.29, 1.82) is 0 Å². The van der Waals surface area contributed by atoms with Gasteiger partial charge in [0.1, 0.15) is 6.04 Å². The summed E-state index contributed by atoms with van der Waals surface area (Å²) in [6.45, 7) is 0. The molecule has 0 fully saturated rings. The van der Waals surface area contributed by atoms with E-state index in [1.165, 1.54) is 5.01 Å². The smallest absolute Gasteiger partial charge is 0.330 e. The van der Waals surface area contributed by atoms with Gasteiger partial charge in [-0.15, -0.1) is 0 Å². The molecule has 0 spiro atoms. The molecule has 0 rings (SSSR count). The van der Waals surface area contributed by atoms with E-state index in [2.05, 4.69) is 10.7 Å². The van der Waals surface area contributed by atoms with Crippen LogP contribution < -0.4 is 10.7 Å². The number of aliphatic carboxylic acids is 2.